The number of carbonyl (C=O) groups excluding carboxylic acids is 1. The standard InChI is InChI=1S/C20H21F3N2O3S/c1-14-2-8-18(9-3-14)29(27,28)25-12-10-15(11-13-25)19(26)24-17-6-4-16(5-7-17)20(21,22)23/h2-9,15H,10-13H2,1H3,(H,24,26). The van der Waals surface area contributed by atoms with Crippen LogP contribution in [0.25, 0.3) is 0 Å². The second-order valence-electron chi connectivity index (χ2n) is 7.06. The first-order valence-corrected chi connectivity index (χ1v) is 10.6. The number of piperidine rings is 1. The summed E-state index contributed by atoms with van der Waals surface area (Å²) < 4.78 is 64.6. The molecule has 0 bridgehead atoms. The highest BCUT2D eigenvalue weighted by molar-refractivity contribution is 7.89. The molecule has 2 aromatic rings. The van der Waals surface area contributed by atoms with Crippen LogP contribution in [0.4, 0.5) is 18.9 Å². The van der Waals surface area contributed by atoms with E-state index in [1.165, 1.54) is 16.4 Å². The first-order valence-electron chi connectivity index (χ1n) is 9.12. The third-order valence-electron chi connectivity index (χ3n) is 4.96. The number of hydrogen-bond acceptors (Lipinski definition) is 3. The van der Waals surface area contributed by atoms with Crippen LogP contribution in [-0.4, -0.2) is 31.7 Å². The molecule has 29 heavy (non-hydrogen) atoms. The Bertz CT molecular complexity index is 964. The van der Waals surface area contributed by atoms with Gasteiger partial charge >= 0.3 is 6.18 Å². The molecule has 1 amide bonds. The summed E-state index contributed by atoms with van der Waals surface area (Å²) >= 11 is 0. The van der Waals surface area contributed by atoms with E-state index in [4.69, 9.17) is 0 Å². The van der Waals surface area contributed by atoms with Gasteiger partial charge in [0.15, 0.2) is 0 Å². The second-order valence-corrected chi connectivity index (χ2v) is 8.99. The van der Waals surface area contributed by atoms with Crippen LogP contribution in [-0.2, 0) is 21.0 Å². The zero-order valence-corrected chi connectivity index (χ0v) is 16.6. The SMILES string of the molecule is Cc1ccc(S(=O)(=O)N2CCC(C(=O)Nc3ccc(C(F)(F)F)cc3)CC2)cc1. The molecule has 1 aliphatic rings. The fraction of sp³-hybridized carbons (Fsp3) is 0.350. The first-order chi connectivity index (χ1) is 13.6. The number of aryl methyl sites for hydroxylation is 1. The molecular weight excluding hydrogens is 405 g/mol. The van der Waals surface area contributed by atoms with E-state index in [-0.39, 0.29) is 29.6 Å². The van der Waals surface area contributed by atoms with Gasteiger partial charge in [-0.3, -0.25) is 4.79 Å². The van der Waals surface area contributed by atoms with Crippen molar-refractivity contribution in [1.82, 2.24) is 4.31 Å². The fourth-order valence-electron chi connectivity index (χ4n) is 3.20. The molecule has 0 aromatic heterocycles. The van der Waals surface area contributed by atoms with Gasteiger partial charge in [0.05, 0.1) is 10.5 Å². The van der Waals surface area contributed by atoms with E-state index in [2.05, 4.69) is 5.32 Å². The molecular formula is C20H21F3N2O3S. The van der Waals surface area contributed by atoms with Crippen molar-refractivity contribution in [2.75, 3.05) is 18.4 Å². The number of anilines is 1. The van der Waals surface area contributed by atoms with Crippen molar-refractivity contribution in [2.24, 2.45) is 5.92 Å². The molecule has 1 saturated heterocycles. The van der Waals surface area contributed by atoms with Gasteiger partial charge in [-0.25, -0.2) is 8.42 Å². The van der Waals surface area contributed by atoms with Gasteiger partial charge < -0.3 is 5.32 Å². The predicted octanol–water partition coefficient (Wildman–Crippen LogP) is 4.05. The molecule has 3 rings (SSSR count). The minimum absolute atomic E-state index is 0.210. The summed E-state index contributed by atoms with van der Waals surface area (Å²) in [5, 5.41) is 2.61. The van der Waals surface area contributed by atoms with Gasteiger partial charge in [-0.05, 0) is 56.2 Å². The number of carbonyl (C=O) groups is 1. The maximum absolute atomic E-state index is 12.7. The summed E-state index contributed by atoms with van der Waals surface area (Å²) in [6, 6.07) is 10.8. The number of rotatable bonds is 4. The molecule has 5 nitrogen and oxygen atoms in total. The average Bonchev–Trinajstić information content (AvgIpc) is 2.68. The number of nitrogens with zero attached hydrogens (tertiary/aromatic N) is 1. The summed E-state index contributed by atoms with van der Waals surface area (Å²) in [5.74, 6) is -0.723. The van der Waals surface area contributed by atoms with Gasteiger partial charge in [0.1, 0.15) is 0 Å². The highest BCUT2D eigenvalue weighted by atomic mass is 32.2. The topological polar surface area (TPSA) is 66.5 Å². The minimum atomic E-state index is -4.43. The zero-order valence-electron chi connectivity index (χ0n) is 15.7. The number of sulfonamides is 1. The highest BCUT2D eigenvalue weighted by Crippen LogP contribution is 2.30. The van der Waals surface area contributed by atoms with Crippen LogP contribution in [0, 0.1) is 12.8 Å². The minimum Gasteiger partial charge on any atom is -0.326 e. The van der Waals surface area contributed by atoms with Crippen molar-refractivity contribution < 1.29 is 26.4 Å². The molecule has 1 heterocycles. The molecule has 0 unspecified atom stereocenters. The quantitative estimate of drug-likeness (QED) is 0.802. The molecule has 0 spiro atoms. The summed E-state index contributed by atoms with van der Waals surface area (Å²) in [6.45, 7) is 2.29. The molecule has 0 atom stereocenters. The predicted molar refractivity (Wildman–Crippen MR) is 103 cm³/mol. The second kappa shape index (κ2) is 8.16. The van der Waals surface area contributed by atoms with Crippen molar-refractivity contribution in [3.8, 4) is 0 Å². The molecule has 0 radical (unpaired) electrons. The number of alkyl halides is 3. The van der Waals surface area contributed by atoms with Gasteiger partial charge in [-0.15, -0.1) is 0 Å². The van der Waals surface area contributed by atoms with Gasteiger partial charge in [0.25, 0.3) is 0 Å². The Labute approximate surface area is 167 Å². The van der Waals surface area contributed by atoms with Crippen LogP contribution in [0.2, 0.25) is 0 Å². The number of benzene rings is 2. The summed E-state index contributed by atoms with van der Waals surface area (Å²) in [4.78, 5) is 12.6. The van der Waals surface area contributed by atoms with E-state index in [9.17, 15) is 26.4 Å². The molecule has 1 fully saturated rings. The van der Waals surface area contributed by atoms with E-state index in [0.29, 0.717) is 12.8 Å². The summed E-state index contributed by atoms with van der Waals surface area (Å²) in [7, 11) is -3.61. The Hall–Kier alpha value is -2.39. The Morgan fingerprint density at radius 1 is 1.00 bits per heavy atom. The van der Waals surface area contributed by atoms with Crippen molar-refractivity contribution in [2.45, 2.75) is 30.8 Å². The van der Waals surface area contributed by atoms with Gasteiger partial charge in [0, 0.05) is 24.7 Å². The Kier molecular flexibility index (Phi) is 6.00. The molecule has 1 aliphatic heterocycles. The van der Waals surface area contributed by atoms with Gasteiger partial charge in [-0.1, -0.05) is 17.7 Å². The van der Waals surface area contributed by atoms with Crippen molar-refractivity contribution in [3.63, 3.8) is 0 Å². The van der Waals surface area contributed by atoms with Gasteiger partial charge in [-0.2, -0.15) is 17.5 Å². The van der Waals surface area contributed by atoms with Crippen molar-refractivity contribution >= 4 is 21.6 Å². The van der Waals surface area contributed by atoms with Crippen molar-refractivity contribution in [3.05, 3.63) is 59.7 Å². The molecule has 9 heteroatoms. The van der Waals surface area contributed by atoms with E-state index in [0.717, 1.165) is 17.7 Å². The van der Waals surface area contributed by atoms with Crippen LogP contribution in [0.15, 0.2) is 53.4 Å². The van der Waals surface area contributed by atoms with Crippen molar-refractivity contribution in [1.29, 1.82) is 0 Å². The lowest BCUT2D eigenvalue weighted by atomic mass is 9.97. The molecule has 1 N–H and O–H groups in total. The lowest BCUT2D eigenvalue weighted by Crippen LogP contribution is -2.41. The monoisotopic (exact) mass is 426 g/mol. The number of halogens is 3. The number of nitrogens with one attached hydrogen (secondary N) is 1. The zero-order chi connectivity index (χ0) is 21.2. The smallest absolute Gasteiger partial charge is 0.326 e. The third-order valence-corrected chi connectivity index (χ3v) is 6.88. The number of amides is 1. The normalized spacial score (nSPS) is 16.6. The maximum atomic E-state index is 12.7. The molecule has 0 saturated carbocycles. The van der Waals surface area contributed by atoms with Crippen LogP contribution in [0.1, 0.15) is 24.0 Å². The lowest BCUT2D eigenvalue weighted by molar-refractivity contribution is -0.137. The van der Waals surface area contributed by atoms with E-state index < -0.39 is 27.7 Å². The van der Waals surface area contributed by atoms with E-state index in [1.54, 1.807) is 24.3 Å². The van der Waals surface area contributed by atoms with E-state index in [1.807, 2.05) is 6.92 Å². The average molecular weight is 426 g/mol. The molecule has 0 aliphatic carbocycles. The Morgan fingerprint density at radius 2 is 1.55 bits per heavy atom. The lowest BCUT2D eigenvalue weighted by Gasteiger charge is -2.30. The Morgan fingerprint density at radius 3 is 2.07 bits per heavy atom. The third kappa shape index (κ3) is 4.97. The summed E-state index contributed by atoms with van der Waals surface area (Å²) in [5.41, 5.74) is 0.449. The van der Waals surface area contributed by atoms with E-state index >= 15 is 0 Å². The maximum Gasteiger partial charge on any atom is 0.416 e. The molecule has 156 valence electrons. The number of hydrogen-bond donors (Lipinski definition) is 1. The van der Waals surface area contributed by atoms with Crippen LogP contribution in [0.5, 0.6) is 0 Å². The largest absolute Gasteiger partial charge is 0.416 e. The van der Waals surface area contributed by atoms with Gasteiger partial charge in [0.2, 0.25) is 15.9 Å². The molecule has 2 aromatic carbocycles. The fourth-order valence-corrected chi connectivity index (χ4v) is 4.67. The highest BCUT2D eigenvalue weighted by Gasteiger charge is 2.33. The Balaban J connectivity index is 1.59. The van der Waals surface area contributed by atoms with Crippen LogP contribution in [0.3, 0.4) is 0 Å². The van der Waals surface area contributed by atoms with Crippen LogP contribution < -0.4 is 5.32 Å². The summed E-state index contributed by atoms with van der Waals surface area (Å²) in [6.07, 6.45) is -3.74. The van der Waals surface area contributed by atoms with Crippen LogP contribution >= 0.6 is 0 Å². The first kappa shape index (κ1) is 21.3.